The molecule has 1 aromatic carbocycles. The number of aromatic nitrogens is 4. The lowest BCUT2D eigenvalue weighted by atomic mass is 10.2. The van der Waals surface area contributed by atoms with Gasteiger partial charge in [-0.1, -0.05) is 0 Å². The highest BCUT2D eigenvalue weighted by atomic mass is 32.1. The third-order valence-electron chi connectivity index (χ3n) is 3.22. The van der Waals surface area contributed by atoms with Crippen LogP contribution in [0.3, 0.4) is 0 Å². The van der Waals surface area contributed by atoms with E-state index in [-0.39, 0.29) is 0 Å². The van der Waals surface area contributed by atoms with Gasteiger partial charge < -0.3 is 9.47 Å². The van der Waals surface area contributed by atoms with Crippen molar-refractivity contribution in [1.82, 2.24) is 19.7 Å². The second-order valence-corrected chi connectivity index (χ2v) is 4.86. The van der Waals surface area contributed by atoms with Crippen LogP contribution in [0.4, 0.5) is 0 Å². The molecule has 6 nitrogen and oxygen atoms in total. The maximum atomic E-state index is 5.34. The molecular weight excluding hydrogens is 300 g/mol. The molecule has 7 heteroatoms. The van der Waals surface area contributed by atoms with Crippen molar-refractivity contribution in [3.05, 3.63) is 47.5 Å². The number of nitrogens with zero attached hydrogens (tertiary/aromatic N) is 3. The Morgan fingerprint density at radius 2 is 1.95 bits per heavy atom. The summed E-state index contributed by atoms with van der Waals surface area (Å²) in [6.07, 6.45) is 3.44. The minimum absolute atomic E-state index is 0.498. The van der Waals surface area contributed by atoms with Crippen LogP contribution in [0.1, 0.15) is 0 Å². The Morgan fingerprint density at radius 1 is 1.14 bits per heavy atom. The second kappa shape index (κ2) is 5.98. The van der Waals surface area contributed by atoms with Gasteiger partial charge in [0.15, 0.2) is 22.1 Å². The first-order valence-electron chi connectivity index (χ1n) is 6.55. The molecule has 0 aliphatic rings. The summed E-state index contributed by atoms with van der Waals surface area (Å²) in [5.41, 5.74) is 1.69. The fourth-order valence-electron chi connectivity index (χ4n) is 2.19. The zero-order valence-corrected chi connectivity index (χ0v) is 12.9. The lowest BCUT2D eigenvalue weighted by Crippen LogP contribution is -1.99. The first-order chi connectivity index (χ1) is 10.7. The zero-order chi connectivity index (χ0) is 15.5. The van der Waals surface area contributed by atoms with E-state index >= 15 is 0 Å². The van der Waals surface area contributed by atoms with Gasteiger partial charge in [0.1, 0.15) is 0 Å². The van der Waals surface area contributed by atoms with Gasteiger partial charge in [0.25, 0.3) is 0 Å². The van der Waals surface area contributed by atoms with Crippen LogP contribution in [0.15, 0.2) is 42.7 Å². The van der Waals surface area contributed by atoms with E-state index in [4.69, 9.17) is 21.7 Å². The summed E-state index contributed by atoms with van der Waals surface area (Å²) >= 11 is 5.33. The molecular formula is C15H14N4O2S. The van der Waals surface area contributed by atoms with Gasteiger partial charge in [0, 0.05) is 11.8 Å². The number of ether oxygens (including phenoxy) is 2. The Labute approximate surface area is 132 Å². The van der Waals surface area contributed by atoms with Crippen LogP contribution < -0.4 is 9.47 Å². The molecule has 2 heterocycles. The summed E-state index contributed by atoms with van der Waals surface area (Å²) in [5, 5.41) is 7.13. The fraction of sp³-hybridized carbons (Fsp3) is 0.133. The SMILES string of the molecule is COc1ccc(-c2n[nH]c(=S)n2-c2cccnc2)cc1OC. The smallest absolute Gasteiger partial charge is 0.200 e. The summed E-state index contributed by atoms with van der Waals surface area (Å²) in [4.78, 5) is 4.12. The van der Waals surface area contributed by atoms with Crippen LogP contribution in [0, 0.1) is 4.77 Å². The third kappa shape index (κ3) is 2.46. The van der Waals surface area contributed by atoms with Gasteiger partial charge in [-0.25, -0.2) is 0 Å². The van der Waals surface area contributed by atoms with Gasteiger partial charge >= 0.3 is 0 Å². The topological polar surface area (TPSA) is 65.0 Å². The highest BCUT2D eigenvalue weighted by Crippen LogP contribution is 2.32. The number of pyridine rings is 1. The summed E-state index contributed by atoms with van der Waals surface area (Å²) in [6.45, 7) is 0. The molecule has 0 unspecified atom stereocenters. The lowest BCUT2D eigenvalue weighted by Gasteiger charge is -2.10. The van der Waals surface area contributed by atoms with Crippen molar-refractivity contribution in [1.29, 1.82) is 0 Å². The van der Waals surface area contributed by atoms with Crippen molar-refractivity contribution in [2.45, 2.75) is 0 Å². The van der Waals surface area contributed by atoms with Crippen molar-refractivity contribution in [3.63, 3.8) is 0 Å². The van der Waals surface area contributed by atoms with Gasteiger partial charge in [0.05, 0.1) is 26.1 Å². The van der Waals surface area contributed by atoms with Crippen LogP contribution in [0.5, 0.6) is 11.5 Å². The van der Waals surface area contributed by atoms with E-state index in [9.17, 15) is 0 Å². The van der Waals surface area contributed by atoms with Crippen molar-refractivity contribution in [2.24, 2.45) is 0 Å². The van der Waals surface area contributed by atoms with Gasteiger partial charge in [-0.3, -0.25) is 14.6 Å². The van der Waals surface area contributed by atoms with Crippen LogP contribution in [0.25, 0.3) is 17.1 Å². The zero-order valence-electron chi connectivity index (χ0n) is 12.1. The first-order valence-corrected chi connectivity index (χ1v) is 6.95. The minimum atomic E-state index is 0.498. The molecule has 0 aliphatic heterocycles. The lowest BCUT2D eigenvalue weighted by molar-refractivity contribution is 0.355. The monoisotopic (exact) mass is 314 g/mol. The maximum absolute atomic E-state index is 5.34. The molecule has 0 bridgehead atoms. The largest absolute Gasteiger partial charge is 0.493 e. The number of aromatic amines is 1. The van der Waals surface area contributed by atoms with E-state index in [2.05, 4.69) is 15.2 Å². The summed E-state index contributed by atoms with van der Waals surface area (Å²) < 4.78 is 12.9. The highest BCUT2D eigenvalue weighted by molar-refractivity contribution is 7.71. The van der Waals surface area contributed by atoms with Crippen LogP contribution in [0.2, 0.25) is 0 Å². The normalized spacial score (nSPS) is 10.5. The third-order valence-corrected chi connectivity index (χ3v) is 3.49. The van der Waals surface area contributed by atoms with Gasteiger partial charge in [0.2, 0.25) is 0 Å². The molecule has 3 rings (SSSR count). The van der Waals surface area contributed by atoms with Crippen molar-refractivity contribution < 1.29 is 9.47 Å². The van der Waals surface area contributed by atoms with Crippen molar-refractivity contribution in [2.75, 3.05) is 14.2 Å². The Kier molecular flexibility index (Phi) is 3.88. The maximum Gasteiger partial charge on any atom is 0.200 e. The Morgan fingerprint density at radius 3 is 2.64 bits per heavy atom. The summed E-state index contributed by atoms with van der Waals surface area (Å²) in [6, 6.07) is 9.36. The highest BCUT2D eigenvalue weighted by Gasteiger charge is 2.13. The predicted octanol–water partition coefficient (Wildman–Crippen LogP) is 3.01. The van der Waals surface area contributed by atoms with Gasteiger partial charge in [-0.2, -0.15) is 5.10 Å². The molecule has 1 N–H and O–H groups in total. The predicted molar refractivity (Wildman–Crippen MR) is 85.1 cm³/mol. The van der Waals surface area contributed by atoms with Crippen LogP contribution >= 0.6 is 12.2 Å². The molecule has 0 saturated carbocycles. The molecule has 0 atom stereocenters. The first kappa shape index (κ1) is 14.3. The molecule has 3 aromatic rings. The van der Waals surface area contributed by atoms with E-state index in [1.165, 1.54) is 0 Å². The quantitative estimate of drug-likeness (QED) is 0.750. The molecule has 0 radical (unpaired) electrons. The summed E-state index contributed by atoms with van der Waals surface area (Å²) in [5.74, 6) is 1.97. The standard InChI is InChI=1S/C15H14N4O2S/c1-20-12-6-5-10(8-13(12)21-2)14-17-18-15(22)19(14)11-4-3-7-16-9-11/h3-9H,1-2H3,(H,18,22). The average Bonchev–Trinajstić information content (AvgIpc) is 2.96. The Balaban J connectivity index is 2.16. The van der Waals surface area contributed by atoms with E-state index < -0.39 is 0 Å². The number of rotatable bonds is 4. The molecule has 22 heavy (non-hydrogen) atoms. The number of hydrogen-bond acceptors (Lipinski definition) is 5. The molecule has 0 saturated heterocycles. The Bertz CT molecular complexity index is 842. The number of hydrogen-bond donors (Lipinski definition) is 1. The Hall–Kier alpha value is -2.67. The van der Waals surface area contributed by atoms with Gasteiger partial charge in [-0.05, 0) is 42.5 Å². The van der Waals surface area contributed by atoms with Crippen LogP contribution in [-0.2, 0) is 0 Å². The van der Waals surface area contributed by atoms with Crippen LogP contribution in [-0.4, -0.2) is 34.0 Å². The number of methoxy groups -OCH3 is 2. The summed E-state index contributed by atoms with van der Waals surface area (Å²) in [7, 11) is 3.20. The molecule has 0 fully saturated rings. The average molecular weight is 314 g/mol. The molecule has 112 valence electrons. The fourth-order valence-corrected chi connectivity index (χ4v) is 2.43. The van der Waals surface area contributed by atoms with E-state index in [1.54, 1.807) is 26.6 Å². The molecule has 0 amide bonds. The minimum Gasteiger partial charge on any atom is -0.493 e. The van der Waals surface area contributed by atoms with Crippen molar-refractivity contribution in [3.8, 4) is 28.6 Å². The molecule has 0 spiro atoms. The van der Waals surface area contributed by atoms with E-state index in [0.717, 1.165) is 11.3 Å². The molecule has 2 aromatic heterocycles. The molecule has 0 aliphatic carbocycles. The number of nitrogens with one attached hydrogen (secondary N) is 1. The van der Waals surface area contributed by atoms with Gasteiger partial charge in [-0.15, -0.1) is 0 Å². The van der Waals surface area contributed by atoms with Crippen molar-refractivity contribution >= 4 is 12.2 Å². The second-order valence-electron chi connectivity index (χ2n) is 4.47. The van der Waals surface area contributed by atoms with E-state index in [0.29, 0.717) is 22.1 Å². The number of H-pyrrole nitrogens is 1. The van der Waals surface area contributed by atoms with E-state index in [1.807, 2.05) is 34.9 Å². The number of benzene rings is 1.